The maximum atomic E-state index is 8.94. The quantitative estimate of drug-likeness (QED) is 0.815. The molecule has 0 bridgehead atoms. The van der Waals surface area contributed by atoms with E-state index in [1.165, 1.54) is 16.5 Å². The number of hydrogen-bond donors (Lipinski definition) is 1. The standard InChI is InChI=1S/C14H17N3/c1-3-6-16-9-12-10-17(2)14-5-4-11(8-15)7-13(12)14/h4-5,7,10,16H,3,6,9H2,1-2H3. The minimum Gasteiger partial charge on any atom is -0.350 e. The van der Waals surface area contributed by atoms with Crippen LogP contribution in [0.2, 0.25) is 0 Å². The minimum absolute atomic E-state index is 0.723. The number of nitrogens with one attached hydrogen (secondary N) is 1. The fourth-order valence-corrected chi connectivity index (χ4v) is 2.08. The Balaban J connectivity index is 2.38. The molecule has 1 aromatic heterocycles. The van der Waals surface area contributed by atoms with Crippen LogP contribution in [0.15, 0.2) is 24.4 Å². The van der Waals surface area contributed by atoms with Crippen LogP contribution >= 0.6 is 0 Å². The van der Waals surface area contributed by atoms with Crippen LogP contribution in [0.4, 0.5) is 0 Å². The Bertz CT molecular complexity index is 561. The highest BCUT2D eigenvalue weighted by Gasteiger charge is 2.06. The summed E-state index contributed by atoms with van der Waals surface area (Å²) in [4.78, 5) is 0. The Morgan fingerprint density at radius 1 is 1.41 bits per heavy atom. The van der Waals surface area contributed by atoms with E-state index >= 15 is 0 Å². The van der Waals surface area contributed by atoms with Crippen LogP contribution in [-0.4, -0.2) is 11.1 Å². The second-order valence-electron chi connectivity index (χ2n) is 4.29. The Labute approximate surface area is 102 Å². The molecular formula is C14H17N3. The molecule has 2 rings (SSSR count). The van der Waals surface area contributed by atoms with Gasteiger partial charge in [-0.3, -0.25) is 0 Å². The molecule has 0 atom stereocenters. The molecule has 0 aliphatic rings. The summed E-state index contributed by atoms with van der Waals surface area (Å²) in [7, 11) is 2.04. The number of hydrogen-bond acceptors (Lipinski definition) is 2. The van der Waals surface area contributed by atoms with Gasteiger partial charge in [0.2, 0.25) is 0 Å². The van der Waals surface area contributed by atoms with Gasteiger partial charge in [-0.1, -0.05) is 6.92 Å². The van der Waals surface area contributed by atoms with Gasteiger partial charge < -0.3 is 9.88 Å². The number of aromatic nitrogens is 1. The third kappa shape index (κ3) is 2.32. The van der Waals surface area contributed by atoms with E-state index in [2.05, 4.69) is 29.1 Å². The van der Waals surface area contributed by atoms with Gasteiger partial charge in [0.1, 0.15) is 0 Å². The van der Waals surface area contributed by atoms with Crippen molar-refractivity contribution in [1.29, 1.82) is 5.26 Å². The average Bonchev–Trinajstić information content (AvgIpc) is 2.66. The number of benzene rings is 1. The third-order valence-corrected chi connectivity index (χ3v) is 2.94. The van der Waals surface area contributed by atoms with Crippen molar-refractivity contribution in [1.82, 2.24) is 9.88 Å². The van der Waals surface area contributed by atoms with E-state index in [1.54, 1.807) is 0 Å². The molecule has 0 aliphatic heterocycles. The summed E-state index contributed by atoms with van der Waals surface area (Å²) >= 11 is 0. The zero-order chi connectivity index (χ0) is 12.3. The van der Waals surface area contributed by atoms with Gasteiger partial charge >= 0.3 is 0 Å². The van der Waals surface area contributed by atoms with E-state index in [-0.39, 0.29) is 0 Å². The topological polar surface area (TPSA) is 40.8 Å². The molecule has 0 aliphatic carbocycles. The Morgan fingerprint density at radius 3 is 2.94 bits per heavy atom. The van der Waals surface area contributed by atoms with Crippen molar-refractivity contribution < 1.29 is 0 Å². The normalized spacial score (nSPS) is 10.6. The van der Waals surface area contributed by atoms with Crippen molar-refractivity contribution in [3.05, 3.63) is 35.5 Å². The first-order valence-electron chi connectivity index (χ1n) is 5.95. The predicted octanol–water partition coefficient (Wildman–Crippen LogP) is 2.55. The predicted molar refractivity (Wildman–Crippen MR) is 69.6 cm³/mol. The van der Waals surface area contributed by atoms with Gasteiger partial charge in [-0.15, -0.1) is 0 Å². The van der Waals surface area contributed by atoms with Crippen molar-refractivity contribution in [2.45, 2.75) is 19.9 Å². The summed E-state index contributed by atoms with van der Waals surface area (Å²) in [5.74, 6) is 0. The minimum atomic E-state index is 0.723. The number of nitrogens with zero attached hydrogens (tertiary/aromatic N) is 2. The number of aryl methyl sites for hydroxylation is 1. The van der Waals surface area contributed by atoms with Gasteiger partial charge in [0.05, 0.1) is 11.6 Å². The molecule has 0 radical (unpaired) electrons. The lowest BCUT2D eigenvalue weighted by Gasteiger charge is -2.01. The number of nitriles is 1. The molecule has 0 saturated carbocycles. The first-order valence-corrected chi connectivity index (χ1v) is 5.95. The lowest BCUT2D eigenvalue weighted by molar-refractivity contribution is 0.676. The zero-order valence-electron chi connectivity index (χ0n) is 10.3. The molecule has 1 heterocycles. The lowest BCUT2D eigenvalue weighted by atomic mass is 10.1. The SMILES string of the molecule is CCCNCc1cn(C)c2ccc(C#N)cc12. The number of rotatable bonds is 4. The summed E-state index contributed by atoms with van der Waals surface area (Å²) in [6.07, 6.45) is 3.27. The van der Waals surface area contributed by atoms with Gasteiger partial charge in [0.15, 0.2) is 0 Å². The molecular weight excluding hydrogens is 210 g/mol. The fourth-order valence-electron chi connectivity index (χ4n) is 2.08. The van der Waals surface area contributed by atoms with E-state index in [4.69, 9.17) is 5.26 Å². The molecule has 88 valence electrons. The van der Waals surface area contributed by atoms with E-state index < -0.39 is 0 Å². The second-order valence-corrected chi connectivity index (χ2v) is 4.29. The van der Waals surface area contributed by atoms with Crippen molar-refractivity contribution in [2.24, 2.45) is 7.05 Å². The van der Waals surface area contributed by atoms with Crippen molar-refractivity contribution >= 4 is 10.9 Å². The largest absolute Gasteiger partial charge is 0.350 e. The van der Waals surface area contributed by atoms with Crippen molar-refractivity contribution in [3.63, 3.8) is 0 Å². The summed E-state index contributed by atoms with van der Waals surface area (Å²) in [6.45, 7) is 4.04. The first-order chi connectivity index (χ1) is 8.26. The van der Waals surface area contributed by atoms with Gasteiger partial charge in [-0.05, 0) is 36.7 Å². The fraction of sp³-hybridized carbons (Fsp3) is 0.357. The van der Waals surface area contributed by atoms with Crippen LogP contribution in [0.25, 0.3) is 10.9 Å². The van der Waals surface area contributed by atoms with Gasteiger partial charge in [-0.25, -0.2) is 0 Å². The molecule has 0 amide bonds. The average molecular weight is 227 g/mol. The molecule has 3 nitrogen and oxygen atoms in total. The summed E-state index contributed by atoms with van der Waals surface area (Å²) < 4.78 is 2.11. The third-order valence-electron chi connectivity index (χ3n) is 2.94. The lowest BCUT2D eigenvalue weighted by Crippen LogP contribution is -2.13. The highest BCUT2D eigenvalue weighted by atomic mass is 14.9. The first kappa shape index (κ1) is 11.7. The second kappa shape index (κ2) is 5.03. The maximum Gasteiger partial charge on any atom is 0.0991 e. The molecule has 1 aromatic carbocycles. The van der Waals surface area contributed by atoms with Crippen LogP contribution in [0.3, 0.4) is 0 Å². The van der Waals surface area contributed by atoms with Crippen LogP contribution in [0.1, 0.15) is 24.5 Å². The molecule has 0 spiro atoms. The smallest absolute Gasteiger partial charge is 0.0991 e. The summed E-state index contributed by atoms with van der Waals surface area (Å²) in [5, 5.41) is 13.5. The number of fused-ring (bicyclic) bond motifs is 1. The summed E-state index contributed by atoms with van der Waals surface area (Å²) in [6, 6.07) is 8.04. The van der Waals surface area contributed by atoms with Gasteiger partial charge in [0.25, 0.3) is 0 Å². The molecule has 0 unspecified atom stereocenters. The van der Waals surface area contributed by atoms with E-state index in [0.717, 1.165) is 25.1 Å². The van der Waals surface area contributed by atoms with Crippen molar-refractivity contribution in [2.75, 3.05) is 6.54 Å². The molecule has 1 N–H and O–H groups in total. The van der Waals surface area contributed by atoms with Crippen LogP contribution in [0, 0.1) is 11.3 Å². The van der Waals surface area contributed by atoms with Gasteiger partial charge in [0, 0.05) is 30.7 Å². The monoisotopic (exact) mass is 227 g/mol. The highest BCUT2D eigenvalue weighted by Crippen LogP contribution is 2.21. The molecule has 0 fully saturated rings. The van der Waals surface area contributed by atoms with E-state index in [1.807, 2.05) is 25.2 Å². The zero-order valence-corrected chi connectivity index (χ0v) is 10.3. The van der Waals surface area contributed by atoms with Crippen LogP contribution in [-0.2, 0) is 13.6 Å². The maximum absolute atomic E-state index is 8.94. The Morgan fingerprint density at radius 2 is 2.24 bits per heavy atom. The highest BCUT2D eigenvalue weighted by molar-refractivity contribution is 5.85. The molecule has 17 heavy (non-hydrogen) atoms. The molecule has 0 saturated heterocycles. The summed E-state index contributed by atoms with van der Waals surface area (Å²) in [5.41, 5.74) is 3.16. The molecule has 2 aromatic rings. The van der Waals surface area contributed by atoms with Gasteiger partial charge in [-0.2, -0.15) is 5.26 Å². The van der Waals surface area contributed by atoms with E-state index in [0.29, 0.717) is 0 Å². The van der Waals surface area contributed by atoms with Crippen LogP contribution in [0.5, 0.6) is 0 Å². The van der Waals surface area contributed by atoms with E-state index in [9.17, 15) is 0 Å². The van der Waals surface area contributed by atoms with Crippen LogP contribution < -0.4 is 5.32 Å². The Hall–Kier alpha value is -1.79. The Kier molecular flexibility index (Phi) is 3.46. The van der Waals surface area contributed by atoms with Crippen molar-refractivity contribution in [3.8, 4) is 6.07 Å². The molecule has 3 heteroatoms.